The summed E-state index contributed by atoms with van der Waals surface area (Å²) < 4.78 is 0. The third-order valence-electron chi connectivity index (χ3n) is 2.50. The summed E-state index contributed by atoms with van der Waals surface area (Å²) in [6.45, 7) is 5.90. The summed E-state index contributed by atoms with van der Waals surface area (Å²) in [6, 6.07) is -0.377. The van der Waals surface area contributed by atoms with Crippen LogP contribution in [0.1, 0.15) is 20.3 Å². The van der Waals surface area contributed by atoms with Crippen LogP contribution >= 0.6 is 0 Å². The SMILES string of the molecule is CC(C)CNCC(=O)N1CCC1C(N)=O. The maximum absolute atomic E-state index is 11.6. The molecule has 5 nitrogen and oxygen atoms in total. The number of rotatable bonds is 5. The second kappa shape index (κ2) is 5.11. The van der Waals surface area contributed by atoms with Crippen LogP contribution in [0.15, 0.2) is 0 Å². The highest BCUT2D eigenvalue weighted by Gasteiger charge is 2.35. The molecule has 1 heterocycles. The molecule has 1 rings (SSSR count). The Labute approximate surface area is 90.0 Å². The molecule has 15 heavy (non-hydrogen) atoms. The monoisotopic (exact) mass is 213 g/mol. The van der Waals surface area contributed by atoms with Crippen LogP contribution in [0.5, 0.6) is 0 Å². The fourth-order valence-corrected chi connectivity index (χ4v) is 1.55. The smallest absolute Gasteiger partial charge is 0.240 e. The Morgan fingerprint density at radius 3 is 2.60 bits per heavy atom. The third-order valence-corrected chi connectivity index (χ3v) is 2.50. The minimum Gasteiger partial charge on any atom is -0.368 e. The number of primary amides is 1. The van der Waals surface area contributed by atoms with Gasteiger partial charge in [-0.1, -0.05) is 13.8 Å². The highest BCUT2D eigenvalue weighted by Crippen LogP contribution is 2.16. The Bertz CT molecular complexity index is 253. The van der Waals surface area contributed by atoms with Crippen LogP contribution in [-0.4, -0.2) is 42.4 Å². The molecule has 1 aliphatic heterocycles. The molecule has 0 bridgehead atoms. The van der Waals surface area contributed by atoms with Crippen molar-refractivity contribution < 1.29 is 9.59 Å². The highest BCUT2D eigenvalue weighted by molar-refractivity contribution is 5.89. The number of carbonyl (C=O) groups is 2. The van der Waals surface area contributed by atoms with Crippen molar-refractivity contribution in [2.24, 2.45) is 11.7 Å². The molecule has 86 valence electrons. The Kier molecular flexibility index (Phi) is 4.08. The second-order valence-electron chi connectivity index (χ2n) is 4.32. The van der Waals surface area contributed by atoms with E-state index in [-0.39, 0.29) is 11.9 Å². The normalized spacial score (nSPS) is 20.2. The first-order chi connectivity index (χ1) is 7.02. The molecule has 0 saturated carbocycles. The zero-order valence-electron chi connectivity index (χ0n) is 9.32. The van der Waals surface area contributed by atoms with E-state index in [1.807, 2.05) is 0 Å². The van der Waals surface area contributed by atoms with Crippen molar-refractivity contribution in [1.82, 2.24) is 10.2 Å². The molecular formula is C10H19N3O2. The van der Waals surface area contributed by atoms with Gasteiger partial charge in [-0.05, 0) is 18.9 Å². The lowest BCUT2D eigenvalue weighted by Crippen LogP contribution is -2.59. The van der Waals surface area contributed by atoms with Gasteiger partial charge in [0.2, 0.25) is 11.8 Å². The van der Waals surface area contributed by atoms with Crippen LogP contribution in [0.2, 0.25) is 0 Å². The van der Waals surface area contributed by atoms with Gasteiger partial charge in [0.25, 0.3) is 0 Å². The van der Waals surface area contributed by atoms with E-state index in [2.05, 4.69) is 19.2 Å². The summed E-state index contributed by atoms with van der Waals surface area (Å²) in [5, 5.41) is 3.05. The molecule has 0 aromatic rings. The van der Waals surface area contributed by atoms with Gasteiger partial charge in [-0.25, -0.2) is 0 Å². The number of amides is 2. The second-order valence-corrected chi connectivity index (χ2v) is 4.32. The lowest BCUT2D eigenvalue weighted by molar-refractivity contribution is -0.145. The summed E-state index contributed by atoms with van der Waals surface area (Å²) in [5.74, 6) is 0.0743. The maximum Gasteiger partial charge on any atom is 0.240 e. The minimum absolute atomic E-state index is 0.0364. The maximum atomic E-state index is 11.6. The first-order valence-electron chi connectivity index (χ1n) is 5.32. The highest BCUT2D eigenvalue weighted by atomic mass is 16.2. The van der Waals surface area contributed by atoms with Gasteiger partial charge in [0.05, 0.1) is 6.54 Å². The summed E-state index contributed by atoms with van der Waals surface area (Å²) in [7, 11) is 0. The lowest BCUT2D eigenvalue weighted by atomic mass is 10.0. The number of hydrogen-bond donors (Lipinski definition) is 2. The molecule has 0 spiro atoms. The van der Waals surface area contributed by atoms with Crippen LogP contribution < -0.4 is 11.1 Å². The molecule has 1 atom stereocenters. The summed E-state index contributed by atoms with van der Waals surface area (Å²) >= 11 is 0. The van der Waals surface area contributed by atoms with E-state index in [4.69, 9.17) is 5.73 Å². The summed E-state index contributed by atoms with van der Waals surface area (Å²) in [6.07, 6.45) is 0.700. The molecule has 0 aromatic carbocycles. The van der Waals surface area contributed by atoms with Crippen LogP contribution in [0, 0.1) is 5.92 Å². The number of nitrogens with one attached hydrogen (secondary N) is 1. The van der Waals surface area contributed by atoms with Gasteiger partial charge in [-0.3, -0.25) is 9.59 Å². The summed E-state index contributed by atoms with van der Waals surface area (Å²) in [5.41, 5.74) is 5.15. The van der Waals surface area contributed by atoms with Crippen molar-refractivity contribution in [1.29, 1.82) is 0 Å². The lowest BCUT2D eigenvalue weighted by Gasteiger charge is -2.38. The van der Waals surface area contributed by atoms with Crippen molar-refractivity contribution >= 4 is 11.8 Å². The van der Waals surface area contributed by atoms with Crippen molar-refractivity contribution in [2.75, 3.05) is 19.6 Å². The van der Waals surface area contributed by atoms with Crippen LogP contribution in [0.4, 0.5) is 0 Å². The van der Waals surface area contributed by atoms with Crippen molar-refractivity contribution in [3.8, 4) is 0 Å². The number of likely N-dealkylation sites (tertiary alicyclic amines) is 1. The topological polar surface area (TPSA) is 75.4 Å². The zero-order valence-corrected chi connectivity index (χ0v) is 9.32. The largest absolute Gasteiger partial charge is 0.368 e. The van der Waals surface area contributed by atoms with Gasteiger partial charge in [0, 0.05) is 6.54 Å². The fourth-order valence-electron chi connectivity index (χ4n) is 1.55. The van der Waals surface area contributed by atoms with Gasteiger partial charge in [-0.2, -0.15) is 0 Å². The van der Waals surface area contributed by atoms with Crippen LogP contribution in [0.3, 0.4) is 0 Å². The van der Waals surface area contributed by atoms with Gasteiger partial charge in [-0.15, -0.1) is 0 Å². The molecule has 0 radical (unpaired) electrons. The van der Waals surface area contributed by atoms with Gasteiger partial charge in [0.1, 0.15) is 6.04 Å². The third kappa shape index (κ3) is 3.20. The van der Waals surface area contributed by atoms with E-state index < -0.39 is 5.91 Å². The van der Waals surface area contributed by atoms with Gasteiger partial charge < -0.3 is 16.0 Å². The number of nitrogens with zero attached hydrogens (tertiary/aromatic N) is 1. The van der Waals surface area contributed by atoms with E-state index in [1.54, 1.807) is 0 Å². The molecule has 1 unspecified atom stereocenters. The Hall–Kier alpha value is -1.10. The van der Waals surface area contributed by atoms with Crippen LogP contribution in [0.25, 0.3) is 0 Å². The number of nitrogens with two attached hydrogens (primary N) is 1. The molecule has 3 N–H and O–H groups in total. The molecule has 5 heteroatoms. The van der Waals surface area contributed by atoms with E-state index in [0.717, 1.165) is 6.54 Å². The zero-order chi connectivity index (χ0) is 11.4. The van der Waals surface area contributed by atoms with Gasteiger partial charge >= 0.3 is 0 Å². The molecular weight excluding hydrogens is 194 g/mol. The number of hydrogen-bond acceptors (Lipinski definition) is 3. The fraction of sp³-hybridized carbons (Fsp3) is 0.800. The van der Waals surface area contributed by atoms with E-state index >= 15 is 0 Å². The van der Waals surface area contributed by atoms with Crippen molar-refractivity contribution in [3.63, 3.8) is 0 Å². The first kappa shape index (κ1) is 12.0. The average Bonchev–Trinajstić information content (AvgIpc) is 1.99. The molecule has 0 aromatic heterocycles. The van der Waals surface area contributed by atoms with Crippen molar-refractivity contribution in [2.45, 2.75) is 26.3 Å². The Morgan fingerprint density at radius 1 is 1.53 bits per heavy atom. The standard InChI is InChI=1S/C10H19N3O2/c1-7(2)5-12-6-9(14)13-4-3-8(13)10(11)15/h7-8,12H,3-6H2,1-2H3,(H2,11,15). The Balaban J connectivity index is 2.26. The molecule has 1 fully saturated rings. The van der Waals surface area contributed by atoms with E-state index in [1.165, 1.54) is 4.90 Å². The quantitative estimate of drug-likeness (QED) is 0.635. The van der Waals surface area contributed by atoms with E-state index in [9.17, 15) is 9.59 Å². The predicted molar refractivity (Wildman–Crippen MR) is 57.0 cm³/mol. The average molecular weight is 213 g/mol. The van der Waals surface area contributed by atoms with Crippen molar-refractivity contribution in [3.05, 3.63) is 0 Å². The van der Waals surface area contributed by atoms with E-state index in [0.29, 0.717) is 25.4 Å². The molecule has 1 aliphatic rings. The summed E-state index contributed by atoms with van der Waals surface area (Å²) in [4.78, 5) is 24.0. The Morgan fingerprint density at radius 2 is 2.20 bits per heavy atom. The predicted octanol–water partition coefficient (Wildman–Crippen LogP) is -0.682. The molecule has 0 aliphatic carbocycles. The first-order valence-corrected chi connectivity index (χ1v) is 5.32. The minimum atomic E-state index is -0.404. The number of carbonyl (C=O) groups excluding carboxylic acids is 2. The van der Waals surface area contributed by atoms with Crippen LogP contribution in [-0.2, 0) is 9.59 Å². The molecule has 1 saturated heterocycles. The van der Waals surface area contributed by atoms with Gasteiger partial charge in [0.15, 0.2) is 0 Å². The molecule has 2 amide bonds.